The lowest BCUT2D eigenvalue weighted by Crippen LogP contribution is -2.49. The molecule has 9 heteroatoms. The van der Waals surface area contributed by atoms with Crippen molar-refractivity contribution in [3.8, 4) is 11.5 Å². The van der Waals surface area contributed by atoms with E-state index in [4.69, 9.17) is 4.74 Å². The standard InChI is InChI=1S/C22H23FN4O4/c1-14(27-20(29)22(26-21(27)30)8-2-3-9-22)19(28)25-12-15-6-7-18(17(23)11-15)31-16-5-4-10-24-13-16/h4-7,10-11,13-14H,2-3,8-9,12H2,1H3,(H,25,28)(H,26,30). The van der Waals surface area contributed by atoms with Crippen LogP contribution in [0.15, 0.2) is 42.7 Å². The molecule has 1 aliphatic heterocycles. The Kier molecular flexibility index (Phi) is 5.58. The molecule has 162 valence electrons. The largest absolute Gasteiger partial charge is 0.453 e. The number of nitrogens with one attached hydrogen (secondary N) is 2. The molecule has 2 aliphatic rings. The molecule has 8 nitrogen and oxygen atoms in total. The smallest absolute Gasteiger partial charge is 0.325 e. The number of rotatable bonds is 6. The molecule has 1 saturated heterocycles. The molecule has 1 aliphatic carbocycles. The van der Waals surface area contributed by atoms with E-state index in [1.807, 2.05) is 0 Å². The molecule has 2 N–H and O–H groups in total. The van der Waals surface area contributed by atoms with E-state index < -0.39 is 29.3 Å². The molecule has 4 rings (SSSR count). The van der Waals surface area contributed by atoms with Crippen LogP contribution in [0, 0.1) is 5.82 Å². The van der Waals surface area contributed by atoms with Crippen molar-refractivity contribution in [1.82, 2.24) is 20.5 Å². The van der Waals surface area contributed by atoms with Gasteiger partial charge in [0.05, 0.1) is 6.20 Å². The molecule has 0 bridgehead atoms. The Morgan fingerprint density at radius 3 is 2.77 bits per heavy atom. The number of carbonyl (C=O) groups excluding carboxylic acids is 3. The van der Waals surface area contributed by atoms with Crippen LogP contribution >= 0.6 is 0 Å². The van der Waals surface area contributed by atoms with Gasteiger partial charge in [0.15, 0.2) is 11.6 Å². The lowest BCUT2D eigenvalue weighted by molar-refractivity contribution is -0.137. The molecule has 1 aromatic heterocycles. The monoisotopic (exact) mass is 426 g/mol. The highest BCUT2D eigenvalue weighted by Crippen LogP contribution is 2.35. The topological polar surface area (TPSA) is 101 Å². The van der Waals surface area contributed by atoms with E-state index in [2.05, 4.69) is 15.6 Å². The van der Waals surface area contributed by atoms with Crippen LogP contribution in [-0.4, -0.2) is 39.3 Å². The second-order valence-corrected chi connectivity index (χ2v) is 7.84. The third-order valence-electron chi connectivity index (χ3n) is 5.74. The number of urea groups is 1. The molecular weight excluding hydrogens is 403 g/mol. The minimum Gasteiger partial charge on any atom is -0.453 e. The third-order valence-corrected chi connectivity index (χ3v) is 5.74. The summed E-state index contributed by atoms with van der Waals surface area (Å²) in [5, 5.41) is 5.42. The predicted molar refractivity (Wildman–Crippen MR) is 109 cm³/mol. The Morgan fingerprint density at radius 2 is 2.10 bits per heavy atom. The molecule has 1 saturated carbocycles. The lowest BCUT2D eigenvalue weighted by atomic mass is 9.97. The highest BCUT2D eigenvalue weighted by atomic mass is 19.1. The van der Waals surface area contributed by atoms with Crippen LogP contribution in [0.3, 0.4) is 0 Å². The van der Waals surface area contributed by atoms with Crippen LogP contribution in [0.2, 0.25) is 0 Å². The Labute approximate surface area is 178 Å². The van der Waals surface area contributed by atoms with Crippen LogP contribution in [0.1, 0.15) is 38.2 Å². The second-order valence-electron chi connectivity index (χ2n) is 7.84. The van der Waals surface area contributed by atoms with Gasteiger partial charge in [-0.05, 0) is 49.6 Å². The molecule has 2 fully saturated rings. The summed E-state index contributed by atoms with van der Waals surface area (Å²) < 4.78 is 19.8. The summed E-state index contributed by atoms with van der Waals surface area (Å²) in [4.78, 5) is 42.6. The summed E-state index contributed by atoms with van der Waals surface area (Å²) >= 11 is 0. The maximum Gasteiger partial charge on any atom is 0.325 e. The number of aromatic nitrogens is 1. The van der Waals surface area contributed by atoms with Crippen molar-refractivity contribution in [2.75, 3.05) is 0 Å². The van der Waals surface area contributed by atoms with Gasteiger partial charge >= 0.3 is 6.03 Å². The molecule has 1 unspecified atom stereocenters. The number of carbonyl (C=O) groups is 3. The zero-order valence-electron chi connectivity index (χ0n) is 17.1. The van der Waals surface area contributed by atoms with Gasteiger partial charge in [0, 0.05) is 12.7 Å². The van der Waals surface area contributed by atoms with E-state index in [-0.39, 0.29) is 18.2 Å². The van der Waals surface area contributed by atoms with E-state index in [9.17, 15) is 18.8 Å². The summed E-state index contributed by atoms with van der Waals surface area (Å²) in [7, 11) is 0. The number of halogens is 1. The zero-order valence-corrected chi connectivity index (χ0v) is 17.1. The number of amides is 4. The Bertz CT molecular complexity index is 1010. The number of hydrogen-bond donors (Lipinski definition) is 2. The van der Waals surface area contributed by atoms with E-state index in [0.29, 0.717) is 24.2 Å². The first-order valence-electron chi connectivity index (χ1n) is 10.2. The Morgan fingerprint density at radius 1 is 1.32 bits per heavy atom. The summed E-state index contributed by atoms with van der Waals surface area (Å²) in [6.07, 6.45) is 5.98. The van der Waals surface area contributed by atoms with Gasteiger partial charge in [-0.1, -0.05) is 18.9 Å². The van der Waals surface area contributed by atoms with Crippen LogP contribution in [0.4, 0.5) is 9.18 Å². The van der Waals surface area contributed by atoms with Crippen molar-refractivity contribution < 1.29 is 23.5 Å². The van der Waals surface area contributed by atoms with E-state index in [0.717, 1.165) is 17.7 Å². The molecule has 31 heavy (non-hydrogen) atoms. The van der Waals surface area contributed by atoms with Crippen molar-refractivity contribution >= 4 is 17.8 Å². The van der Waals surface area contributed by atoms with Crippen LogP contribution in [0.25, 0.3) is 0 Å². The minimum atomic E-state index is -0.967. The van der Waals surface area contributed by atoms with Crippen molar-refractivity contribution in [3.63, 3.8) is 0 Å². The van der Waals surface area contributed by atoms with E-state index in [1.165, 1.54) is 25.3 Å². The van der Waals surface area contributed by atoms with Crippen LogP contribution < -0.4 is 15.4 Å². The van der Waals surface area contributed by atoms with Gasteiger partial charge in [-0.2, -0.15) is 0 Å². The van der Waals surface area contributed by atoms with Crippen molar-refractivity contribution in [2.45, 2.75) is 50.7 Å². The maximum absolute atomic E-state index is 14.4. The fraction of sp³-hybridized carbons (Fsp3) is 0.364. The van der Waals surface area contributed by atoms with Gasteiger partial charge < -0.3 is 15.4 Å². The number of benzene rings is 1. The summed E-state index contributed by atoms with van der Waals surface area (Å²) in [5.41, 5.74) is -0.347. The number of nitrogens with zero attached hydrogens (tertiary/aromatic N) is 2. The minimum absolute atomic E-state index is 0.0395. The first-order valence-corrected chi connectivity index (χ1v) is 10.2. The molecule has 0 radical (unpaired) electrons. The molecule has 1 atom stereocenters. The van der Waals surface area contributed by atoms with Crippen LogP contribution in [0.5, 0.6) is 11.5 Å². The van der Waals surface area contributed by atoms with Gasteiger partial charge in [-0.3, -0.25) is 14.6 Å². The number of ether oxygens (including phenoxy) is 1. The van der Waals surface area contributed by atoms with Crippen molar-refractivity contribution in [1.29, 1.82) is 0 Å². The first kappa shape index (κ1) is 20.8. The van der Waals surface area contributed by atoms with Gasteiger partial charge in [-0.25, -0.2) is 14.1 Å². The highest BCUT2D eigenvalue weighted by Gasteiger charge is 2.54. The van der Waals surface area contributed by atoms with Gasteiger partial charge in [-0.15, -0.1) is 0 Å². The average molecular weight is 426 g/mol. The fourth-order valence-corrected chi connectivity index (χ4v) is 4.04. The summed E-state index contributed by atoms with van der Waals surface area (Å²) in [6.45, 7) is 1.55. The SMILES string of the molecule is CC(C(=O)NCc1ccc(Oc2cccnc2)c(F)c1)N1C(=O)NC2(CCCC2)C1=O. The van der Waals surface area contributed by atoms with Crippen LogP contribution in [-0.2, 0) is 16.1 Å². The number of imide groups is 1. The van der Waals surface area contributed by atoms with Crippen molar-refractivity contribution in [2.24, 2.45) is 0 Å². The summed E-state index contributed by atoms with van der Waals surface area (Å²) in [5.74, 6) is -0.973. The number of pyridine rings is 1. The number of hydrogen-bond acceptors (Lipinski definition) is 5. The molecule has 2 heterocycles. The second kappa shape index (κ2) is 8.33. The lowest BCUT2D eigenvalue weighted by Gasteiger charge is -2.23. The predicted octanol–water partition coefficient (Wildman–Crippen LogP) is 2.88. The molecule has 1 spiro atoms. The Balaban J connectivity index is 1.36. The molecule has 4 amide bonds. The van der Waals surface area contributed by atoms with Crippen molar-refractivity contribution in [3.05, 3.63) is 54.1 Å². The van der Waals surface area contributed by atoms with Gasteiger partial charge in [0.25, 0.3) is 5.91 Å². The molecule has 2 aromatic rings. The molecular formula is C22H23FN4O4. The normalized spacial score (nSPS) is 18.2. The fourth-order valence-electron chi connectivity index (χ4n) is 4.04. The molecule has 1 aromatic carbocycles. The Hall–Kier alpha value is -3.49. The van der Waals surface area contributed by atoms with Gasteiger partial charge in [0.2, 0.25) is 5.91 Å². The highest BCUT2D eigenvalue weighted by molar-refractivity contribution is 6.09. The quantitative estimate of drug-likeness (QED) is 0.692. The maximum atomic E-state index is 14.4. The summed E-state index contributed by atoms with van der Waals surface area (Å²) in [6, 6.07) is 6.18. The van der Waals surface area contributed by atoms with E-state index >= 15 is 0 Å². The third kappa shape index (κ3) is 4.08. The first-order chi connectivity index (χ1) is 14.9. The van der Waals surface area contributed by atoms with Gasteiger partial charge in [0.1, 0.15) is 17.3 Å². The zero-order chi connectivity index (χ0) is 22.0. The van der Waals surface area contributed by atoms with E-state index in [1.54, 1.807) is 24.4 Å². The average Bonchev–Trinajstić information content (AvgIpc) is 3.33.